The first-order chi connectivity index (χ1) is 9.74. The molecule has 2 unspecified atom stereocenters. The molecular weight excluding hydrogens is 268 g/mol. The Balaban J connectivity index is 1.89. The molecule has 2 rings (SSSR count). The Morgan fingerprint density at radius 3 is 2.24 bits per heavy atom. The summed E-state index contributed by atoms with van der Waals surface area (Å²) < 4.78 is 5.16. The molecule has 2 atom stereocenters. The molecule has 1 aliphatic carbocycles. The summed E-state index contributed by atoms with van der Waals surface area (Å²) in [6.45, 7) is 7.52. The third-order valence-corrected chi connectivity index (χ3v) is 3.22. The van der Waals surface area contributed by atoms with Gasteiger partial charge in [-0.25, -0.2) is 4.79 Å². The highest BCUT2D eigenvalue weighted by molar-refractivity contribution is 5.95. The van der Waals surface area contributed by atoms with E-state index in [-0.39, 0.29) is 5.91 Å². The normalized spacial score (nSPS) is 20.6. The van der Waals surface area contributed by atoms with Gasteiger partial charge in [0.05, 0.1) is 0 Å². The number of nitrogens with one attached hydrogen (secondary N) is 2. The number of benzene rings is 1. The highest BCUT2D eigenvalue weighted by Crippen LogP contribution is 2.29. The first kappa shape index (κ1) is 15.4. The highest BCUT2D eigenvalue weighted by atomic mass is 16.6. The van der Waals surface area contributed by atoms with Crippen molar-refractivity contribution in [2.75, 3.05) is 5.32 Å². The molecule has 1 fully saturated rings. The molecule has 21 heavy (non-hydrogen) atoms. The second kappa shape index (κ2) is 5.76. The number of hydrogen-bond donors (Lipinski definition) is 2. The zero-order chi connectivity index (χ0) is 15.6. The minimum Gasteiger partial charge on any atom is -0.444 e. The van der Waals surface area contributed by atoms with Gasteiger partial charge in [-0.2, -0.15) is 0 Å². The SMILES string of the molecule is CC1CC1NC(=O)c1ccc(NC(=O)OC(C)(C)C)cc1. The van der Waals surface area contributed by atoms with Crippen LogP contribution in [0.4, 0.5) is 10.5 Å². The molecule has 5 nitrogen and oxygen atoms in total. The minimum atomic E-state index is -0.537. The average Bonchev–Trinajstić information content (AvgIpc) is 3.03. The molecule has 0 aliphatic heterocycles. The smallest absolute Gasteiger partial charge is 0.412 e. The maximum atomic E-state index is 11.9. The van der Waals surface area contributed by atoms with Crippen LogP contribution in [-0.4, -0.2) is 23.6 Å². The van der Waals surface area contributed by atoms with Gasteiger partial charge in [0.15, 0.2) is 0 Å². The summed E-state index contributed by atoms with van der Waals surface area (Å²) in [6, 6.07) is 7.06. The van der Waals surface area contributed by atoms with Gasteiger partial charge < -0.3 is 10.1 Å². The van der Waals surface area contributed by atoms with E-state index in [9.17, 15) is 9.59 Å². The topological polar surface area (TPSA) is 67.4 Å². The summed E-state index contributed by atoms with van der Waals surface area (Å²) in [4.78, 5) is 23.6. The van der Waals surface area contributed by atoms with E-state index in [0.29, 0.717) is 23.2 Å². The molecule has 2 N–H and O–H groups in total. The second-order valence-electron chi connectivity index (χ2n) is 6.50. The molecular formula is C16H22N2O3. The van der Waals surface area contributed by atoms with E-state index in [1.165, 1.54) is 0 Å². The van der Waals surface area contributed by atoms with Crippen LogP contribution in [0.2, 0.25) is 0 Å². The number of amides is 2. The van der Waals surface area contributed by atoms with Gasteiger partial charge in [0.25, 0.3) is 5.91 Å². The summed E-state index contributed by atoms with van der Waals surface area (Å²) in [5.74, 6) is 0.496. The van der Waals surface area contributed by atoms with Crippen LogP contribution in [0.25, 0.3) is 0 Å². The van der Waals surface area contributed by atoms with E-state index in [4.69, 9.17) is 4.74 Å². The van der Waals surface area contributed by atoms with E-state index in [1.54, 1.807) is 45.0 Å². The molecule has 114 valence electrons. The summed E-state index contributed by atoms with van der Waals surface area (Å²) in [7, 11) is 0. The lowest BCUT2D eigenvalue weighted by Crippen LogP contribution is -2.27. The van der Waals surface area contributed by atoms with Crippen molar-refractivity contribution in [3.8, 4) is 0 Å². The van der Waals surface area contributed by atoms with Crippen LogP contribution < -0.4 is 10.6 Å². The van der Waals surface area contributed by atoms with Crippen molar-refractivity contribution in [1.29, 1.82) is 0 Å². The summed E-state index contributed by atoms with van der Waals surface area (Å²) in [6.07, 6.45) is 0.538. The van der Waals surface area contributed by atoms with Gasteiger partial charge in [-0.05, 0) is 57.4 Å². The number of anilines is 1. The molecule has 0 radical (unpaired) electrons. The molecule has 5 heteroatoms. The van der Waals surface area contributed by atoms with Gasteiger partial charge in [0.2, 0.25) is 0 Å². The molecule has 2 amide bonds. The first-order valence-electron chi connectivity index (χ1n) is 7.15. The van der Waals surface area contributed by atoms with Crippen molar-refractivity contribution in [3.05, 3.63) is 29.8 Å². The van der Waals surface area contributed by atoms with Crippen molar-refractivity contribution < 1.29 is 14.3 Å². The van der Waals surface area contributed by atoms with Gasteiger partial charge in [-0.1, -0.05) is 6.92 Å². The van der Waals surface area contributed by atoms with Crippen LogP contribution in [0.15, 0.2) is 24.3 Å². The van der Waals surface area contributed by atoms with Crippen molar-refractivity contribution in [3.63, 3.8) is 0 Å². The number of carbonyl (C=O) groups excluding carboxylic acids is 2. The van der Waals surface area contributed by atoms with E-state index < -0.39 is 11.7 Å². The van der Waals surface area contributed by atoms with Gasteiger partial charge in [0, 0.05) is 17.3 Å². The number of carbonyl (C=O) groups is 2. The number of ether oxygens (including phenoxy) is 1. The second-order valence-corrected chi connectivity index (χ2v) is 6.50. The predicted octanol–water partition coefficient (Wildman–Crippen LogP) is 3.17. The summed E-state index contributed by atoms with van der Waals surface area (Å²) in [5, 5.41) is 5.59. The van der Waals surface area contributed by atoms with E-state index in [0.717, 1.165) is 6.42 Å². The van der Waals surface area contributed by atoms with Crippen LogP contribution in [-0.2, 0) is 4.74 Å². The highest BCUT2D eigenvalue weighted by Gasteiger charge is 2.33. The molecule has 1 saturated carbocycles. The molecule has 0 saturated heterocycles. The van der Waals surface area contributed by atoms with Crippen LogP contribution >= 0.6 is 0 Å². The fraction of sp³-hybridized carbons (Fsp3) is 0.500. The summed E-state index contributed by atoms with van der Waals surface area (Å²) >= 11 is 0. The Kier molecular flexibility index (Phi) is 4.21. The standard InChI is InChI=1S/C16H22N2O3/c1-10-9-13(10)18-14(19)11-5-7-12(8-6-11)17-15(20)21-16(2,3)4/h5-8,10,13H,9H2,1-4H3,(H,17,20)(H,18,19). The monoisotopic (exact) mass is 290 g/mol. The van der Waals surface area contributed by atoms with Crippen LogP contribution in [0.1, 0.15) is 44.5 Å². The van der Waals surface area contributed by atoms with E-state index in [2.05, 4.69) is 17.6 Å². The Morgan fingerprint density at radius 2 is 1.76 bits per heavy atom. The molecule has 0 aromatic heterocycles. The molecule has 1 aliphatic rings. The van der Waals surface area contributed by atoms with Gasteiger partial charge in [-0.15, -0.1) is 0 Å². The molecule has 0 spiro atoms. The zero-order valence-corrected chi connectivity index (χ0v) is 12.9. The third kappa shape index (κ3) is 4.77. The van der Waals surface area contributed by atoms with Crippen LogP contribution in [0, 0.1) is 5.92 Å². The Morgan fingerprint density at radius 1 is 1.19 bits per heavy atom. The van der Waals surface area contributed by atoms with Crippen molar-refractivity contribution in [1.82, 2.24) is 5.32 Å². The fourth-order valence-corrected chi connectivity index (χ4v) is 1.90. The van der Waals surface area contributed by atoms with Gasteiger partial charge >= 0.3 is 6.09 Å². The van der Waals surface area contributed by atoms with Gasteiger partial charge in [-0.3, -0.25) is 10.1 Å². The first-order valence-corrected chi connectivity index (χ1v) is 7.15. The molecule has 0 bridgehead atoms. The third-order valence-electron chi connectivity index (χ3n) is 3.22. The van der Waals surface area contributed by atoms with Crippen LogP contribution in [0.3, 0.4) is 0 Å². The van der Waals surface area contributed by atoms with Gasteiger partial charge in [0.1, 0.15) is 5.60 Å². The maximum Gasteiger partial charge on any atom is 0.412 e. The quantitative estimate of drug-likeness (QED) is 0.898. The lowest BCUT2D eigenvalue weighted by Gasteiger charge is -2.19. The summed E-state index contributed by atoms with van der Waals surface area (Å²) in [5.41, 5.74) is 0.648. The number of hydrogen-bond acceptors (Lipinski definition) is 3. The zero-order valence-electron chi connectivity index (χ0n) is 12.9. The Bertz CT molecular complexity index is 531. The molecule has 1 aromatic carbocycles. The Labute approximate surface area is 125 Å². The lowest BCUT2D eigenvalue weighted by atomic mass is 10.2. The largest absolute Gasteiger partial charge is 0.444 e. The average molecular weight is 290 g/mol. The number of rotatable bonds is 3. The predicted molar refractivity (Wildman–Crippen MR) is 81.3 cm³/mol. The van der Waals surface area contributed by atoms with Crippen molar-refractivity contribution in [2.24, 2.45) is 5.92 Å². The van der Waals surface area contributed by atoms with Crippen molar-refractivity contribution in [2.45, 2.75) is 45.8 Å². The van der Waals surface area contributed by atoms with Crippen molar-refractivity contribution >= 4 is 17.7 Å². The minimum absolute atomic E-state index is 0.0758. The van der Waals surface area contributed by atoms with E-state index >= 15 is 0 Å². The Hall–Kier alpha value is -2.04. The maximum absolute atomic E-state index is 11.9. The fourth-order valence-electron chi connectivity index (χ4n) is 1.90. The molecule has 0 heterocycles. The van der Waals surface area contributed by atoms with E-state index in [1.807, 2.05) is 0 Å². The molecule has 1 aromatic rings. The van der Waals surface area contributed by atoms with Crippen LogP contribution in [0.5, 0.6) is 0 Å². The lowest BCUT2D eigenvalue weighted by molar-refractivity contribution is 0.0635.